The van der Waals surface area contributed by atoms with Crippen molar-refractivity contribution in [3.05, 3.63) is 93.7 Å². The second-order valence-corrected chi connectivity index (χ2v) is 18.4. The molecule has 0 amide bonds. The molecule has 1 aromatic heterocycles. The summed E-state index contributed by atoms with van der Waals surface area (Å²) < 4.78 is 27.0. The number of methoxy groups -OCH3 is 2. The molecule has 0 aliphatic heterocycles. The molecule has 0 saturated carbocycles. The molecule has 0 N–H and O–H groups in total. The van der Waals surface area contributed by atoms with Crippen molar-refractivity contribution in [2.45, 2.75) is 71.3 Å². The summed E-state index contributed by atoms with van der Waals surface area (Å²) in [6.07, 6.45) is 0. The van der Waals surface area contributed by atoms with E-state index < -0.39 is 8.07 Å². The number of benzene rings is 3. The Balaban J connectivity index is 1.82. The Morgan fingerprint density at radius 2 is 1.28 bits per heavy atom. The van der Waals surface area contributed by atoms with Crippen LogP contribution in [0.25, 0.3) is 10.9 Å². The highest BCUT2D eigenvalue weighted by Crippen LogP contribution is 2.41. The molecule has 0 radical (unpaired) electrons. The first-order valence-corrected chi connectivity index (χ1v) is 17.8. The van der Waals surface area contributed by atoms with Crippen molar-refractivity contribution in [2.75, 3.05) is 19.1 Å². The molecule has 0 spiro atoms. The third-order valence-corrected chi connectivity index (χ3v) is 15.4. The number of anilines is 1. The van der Waals surface area contributed by atoms with Gasteiger partial charge in [0.15, 0.2) is 0 Å². The second kappa shape index (κ2) is 14.0. The van der Waals surface area contributed by atoms with Gasteiger partial charge in [-0.1, -0.05) is 71.7 Å². The zero-order valence-corrected chi connectivity index (χ0v) is 29.0. The maximum Gasteiger partial charge on any atom is 0.146 e. The van der Waals surface area contributed by atoms with Crippen molar-refractivity contribution in [1.29, 1.82) is 0 Å². The van der Waals surface area contributed by atoms with Crippen LogP contribution >= 0.6 is 15.9 Å². The largest absolute Gasteiger partial charge is 0.497 e. The van der Waals surface area contributed by atoms with Crippen LogP contribution in [0.2, 0.25) is 16.6 Å². The number of pyridine rings is 1. The number of halogens is 2. The number of aromatic nitrogens is 1. The Morgan fingerprint density at radius 1 is 0.791 bits per heavy atom. The van der Waals surface area contributed by atoms with Crippen LogP contribution in [0, 0.1) is 17.3 Å². The lowest BCUT2D eigenvalue weighted by molar-refractivity contribution is 0.414. The van der Waals surface area contributed by atoms with Gasteiger partial charge in [0.1, 0.15) is 31.2 Å². The first kappa shape index (κ1) is 32.6. The van der Waals surface area contributed by atoms with Crippen molar-refractivity contribution in [2.24, 2.45) is 0 Å². The van der Waals surface area contributed by atoms with Crippen LogP contribution in [0.1, 0.15) is 58.2 Å². The minimum absolute atomic E-state index is 0.317. The quantitative estimate of drug-likeness (QED) is 0.125. The van der Waals surface area contributed by atoms with Crippen LogP contribution in [0.4, 0.5) is 10.2 Å². The van der Waals surface area contributed by atoms with E-state index in [2.05, 4.69) is 98.1 Å². The predicted octanol–water partition coefficient (Wildman–Crippen LogP) is 9.93. The second-order valence-electron chi connectivity index (χ2n) is 12.0. The van der Waals surface area contributed by atoms with Gasteiger partial charge >= 0.3 is 0 Å². The highest BCUT2D eigenvalue weighted by atomic mass is 79.9. The van der Waals surface area contributed by atoms with E-state index in [1.807, 2.05) is 30.3 Å². The van der Waals surface area contributed by atoms with Gasteiger partial charge in [0, 0.05) is 22.9 Å². The van der Waals surface area contributed by atoms with E-state index in [-0.39, 0.29) is 5.82 Å². The maximum atomic E-state index is 15.5. The van der Waals surface area contributed by atoms with Crippen LogP contribution in [0.15, 0.2) is 71.2 Å². The monoisotopic (exact) mass is 660 g/mol. The average molecular weight is 662 g/mol. The third-order valence-electron chi connectivity index (χ3n) is 8.52. The summed E-state index contributed by atoms with van der Waals surface area (Å²) in [5.74, 6) is 5.45. The third kappa shape index (κ3) is 7.08. The molecule has 0 unspecified atom stereocenters. The first-order valence-electron chi connectivity index (χ1n) is 14.8. The number of ether oxygens (including phenoxy) is 2. The summed E-state index contributed by atoms with van der Waals surface area (Å²) in [7, 11) is 1.28. The fourth-order valence-corrected chi connectivity index (χ4v) is 12.1. The van der Waals surface area contributed by atoms with Crippen molar-refractivity contribution in [3.63, 3.8) is 0 Å². The van der Waals surface area contributed by atoms with Crippen molar-refractivity contribution in [3.8, 4) is 23.0 Å². The van der Waals surface area contributed by atoms with E-state index in [0.717, 1.165) is 32.9 Å². The van der Waals surface area contributed by atoms with Crippen LogP contribution in [-0.4, -0.2) is 27.3 Å². The van der Waals surface area contributed by atoms with E-state index in [0.29, 0.717) is 46.2 Å². The smallest absolute Gasteiger partial charge is 0.146 e. The Kier molecular flexibility index (Phi) is 10.6. The van der Waals surface area contributed by atoms with Gasteiger partial charge in [-0.05, 0) is 86.1 Å². The number of fused-ring (bicyclic) bond motifs is 1. The molecule has 4 rings (SSSR count). The molecular weight excluding hydrogens is 619 g/mol. The SMILES string of the molecule is COc1ccc(CN(Cc2ccc(OC)cc2)c2cc(Br)c3c(C#C[Si](C(C)C)(C(C)C)C(C)C)c(F)ccc3n2)cc1. The summed E-state index contributed by atoms with van der Waals surface area (Å²) in [5.41, 5.74) is 8.42. The standard InChI is InChI=1S/C36H42BrFN2O2Si/c1-24(2)43(25(3)4,26(5)6)20-19-31-33(38)17-18-34-36(31)32(37)21-35(39-34)40(22-27-9-13-29(41-7)14-10-27)23-28-11-15-30(42-8)16-12-28/h9-18,21,24-26H,22-23H2,1-8H3. The number of hydrogen-bond acceptors (Lipinski definition) is 4. The molecule has 0 saturated heterocycles. The van der Waals surface area contributed by atoms with E-state index in [4.69, 9.17) is 14.5 Å². The van der Waals surface area contributed by atoms with Crippen molar-refractivity contribution in [1.82, 2.24) is 4.98 Å². The van der Waals surface area contributed by atoms with E-state index in [9.17, 15) is 0 Å². The summed E-state index contributed by atoms with van der Waals surface area (Å²) in [5, 5.41) is 0.712. The van der Waals surface area contributed by atoms with E-state index in [1.165, 1.54) is 6.07 Å². The van der Waals surface area contributed by atoms with Gasteiger partial charge in [0.2, 0.25) is 0 Å². The van der Waals surface area contributed by atoms with Gasteiger partial charge in [-0.3, -0.25) is 0 Å². The van der Waals surface area contributed by atoms with Gasteiger partial charge in [0.25, 0.3) is 0 Å². The molecule has 7 heteroatoms. The Hall–Kier alpha value is -3.34. The Bertz CT molecular complexity index is 1540. The van der Waals surface area contributed by atoms with Crippen LogP contribution < -0.4 is 14.4 Å². The normalized spacial score (nSPS) is 11.7. The van der Waals surface area contributed by atoms with Gasteiger partial charge in [-0.2, -0.15) is 0 Å². The van der Waals surface area contributed by atoms with E-state index >= 15 is 4.39 Å². The predicted molar refractivity (Wildman–Crippen MR) is 183 cm³/mol. The fraction of sp³-hybridized carbons (Fsp3) is 0.361. The summed E-state index contributed by atoms with van der Waals surface area (Å²) in [6, 6.07) is 21.3. The zero-order chi connectivity index (χ0) is 31.3. The number of hydrogen-bond donors (Lipinski definition) is 0. The van der Waals surface area contributed by atoms with Gasteiger partial charge < -0.3 is 14.4 Å². The summed E-state index contributed by atoms with van der Waals surface area (Å²) in [4.78, 5) is 7.29. The molecule has 1 heterocycles. The Morgan fingerprint density at radius 3 is 1.72 bits per heavy atom. The fourth-order valence-electron chi connectivity index (χ4n) is 6.25. The van der Waals surface area contributed by atoms with Crippen LogP contribution in [-0.2, 0) is 13.1 Å². The maximum absolute atomic E-state index is 15.5. The van der Waals surface area contributed by atoms with Crippen molar-refractivity contribution < 1.29 is 13.9 Å². The lowest BCUT2D eigenvalue weighted by Gasteiger charge is -2.38. The molecule has 0 aliphatic carbocycles. The highest BCUT2D eigenvalue weighted by molar-refractivity contribution is 9.10. The van der Waals surface area contributed by atoms with Crippen LogP contribution in [0.5, 0.6) is 11.5 Å². The molecule has 0 aliphatic rings. The molecule has 226 valence electrons. The van der Waals surface area contributed by atoms with Gasteiger partial charge in [-0.25, -0.2) is 9.37 Å². The lowest BCUT2D eigenvalue weighted by atomic mass is 10.1. The zero-order valence-electron chi connectivity index (χ0n) is 26.5. The number of nitrogens with zero attached hydrogens (tertiary/aromatic N) is 2. The van der Waals surface area contributed by atoms with Gasteiger partial charge in [-0.15, -0.1) is 5.54 Å². The molecule has 3 aromatic carbocycles. The minimum atomic E-state index is -2.06. The van der Waals surface area contributed by atoms with Crippen LogP contribution in [0.3, 0.4) is 0 Å². The molecule has 4 nitrogen and oxygen atoms in total. The number of rotatable bonds is 10. The molecule has 4 aromatic rings. The molecular formula is C36H42BrFN2O2Si. The van der Waals surface area contributed by atoms with Gasteiger partial charge in [0.05, 0.1) is 25.3 Å². The molecule has 43 heavy (non-hydrogen) atoms. The molecule has 0 fully saturated rings. The average Bonchev–Trinajstić information content (AvgIpc) is 2.98. The topological polar surface area (TPSA) is 34.6 Å². The van der Waals surface area contributed by atoms with E-state index in [1.54, 1.807) is 20.3 Å². The highest BCUT2D eigenvalue weighted by Gasteiger charge is 2.41. The lowest BCUT2D eigenvalue weighted by Crippen LogP contribution is -2.43. The van der Waals surface area contributed by atoms with Crippen molar-refractivity contribution >= 4 is 40.7 Å². The minimum Gasteiger partial charge on any atom is -0.497 e. The summed E-state index contributed by atoms with van der Waals surface area (Å²) in [6.45, 7) is 14.9. The Labute approximate surface area is 265 Å². The molecule has 0 atom stereocenters. The first-order chi connectivity index (χ1) is 20.5. The summed E-state index contributed by atoms with van der Waals surface area (Å²) >= 11 is 3.79. The molecule has 0 bridgehead atoms.